The fraction of sp³-hybridized carbons (Fsp3) is 0.143. The lowest BCUT2D eigenvalue weighted by atomic mass is 9.96. The standard InChI is InChI=1S/C7H6BClO/c1-10-7-3-5(8)2-6(9)4-7/h2-4H,1H3. The molecule has 0 atom stereocenters. The van der Waals surface area contributed by atoms with Crippen LogP contribution in [0.4, 0.5) is 0 Å². The summed E-state index contributed by atoms with van der Waals surface area (Å²) in [5, 5.41) is 0.594. The summed E-state index contributed by atoms with van der Waals surface area (Å²) in [6, 6.07) is 5.09. The zero-order chi connectivity index (χ0) is 7.56. The molecule has 1 nitrogen and oxygen atoms in total. The van der Waals surface area contributed by atoms with Gasteiger partial charge in [-0.3, -0.25) is 0 Å². The molecule has 1 rings (SSSR count). The van der Waals surface area contributed by atoms with Crippen LogP contribution in [0.1, 0.15) is 0 Å². The van der Waals surface area contributed by atoms with E-state index in [9.17, 15) is 0 Å². The van der Waals surface area contributed by atoms with Gasteiger partial charge in [-0.05, 0) is 12.1 Å². The predicted molar refractivity (Wildman–Crippen MR) is 43.4 cm³/mol. The zero-order valence-corrected chi connectivity index (χ0v) is 6.35. The first kappa shape index (κ1) is 7.48. The van der Waals surface area contributed by atoms with Crippen LogP contribution in [0.15, 0.2) is 18.2 Å². The van der Waals surface area contributed by atoms with Crippen molar-refractivity contribution in [2.45, 2.75) is 0 Å². The second-order valence-corrected chi connectivity index (χ2v) is 2.36. The van der Waals surface area contributed by atoms with Crippen molar-refractivity contribution < 1.29 is 4.74 Å². The minimum absolute atomic E-state index is 0.594. The Morgan fingerprint density at radius 1 is 1.40 bits per heavy atom. The van der Waals surface area contributed by atoms with Gasteiger partial charge in [0.15, 0.2) is 0 Å². The average Bonchev–Trinajstić information content (AvgIpc) is 1.85. The van der Waals surface area contributed by atoms with Gasteiger partial charge in [-0.1, -0.05) is 23.1 Å². The third-order valence-electron chi connectivity index (χ3n) is 1.13. The van der Waals surface area contributed by atoms with E-state index in [1.807, 2.05) is 0 Å². The van der Waals surface area contributed by atoms with Gasteiger partial charge in [0.1, 0.15) is 13.6 Å². The van der Waals surface area contributed by atoms with Crippen LogP contribution in [0.25, 0.3) is 0 Å². The lowest BCUT2D eigenvalue weighted by Crippen LogP contribution is -2.01. The number of hydrogen-bond acceptors (Lipinski definition) is 1. The maximum Gasteiger partial charge on any atom is 0.119 e. The third kappa shape index (κ3) is 1.68. The molecule has 0 aliphatic rings. The highest BCUT2D eigenvalue weighted by Gasteiger charge is 1.93. The zero-order valence-electron chi connectivity index (χ0n) is 5.60. The number of halogens is 1. The molecular formula is C7H6BClO. The minimum Gasteiger partial charge on any atom is -0.497 e. The second-order valence-electron chi connectivity index (χ2n) is 1.92. The Balaban J connectivity index is 3.06. The number of ether oxygens (including phenoxy) is 1. The second kappa shape index (κ2) is 2.97. The normalized spacial score (nSPS) is 9.40. The smallest absolute Gasteiger partial charge is 0.119 e. The van der Waals surface area contributed by atoms with Crippen molar-refractivity contribution in [3.8, 4) is 5.75 Å². The van der Waals surface area contributed by atoms with Gasteiger partial charge in [-0.25, -0.2) is 0 Å². The molecule has 0 bridgehead atoms. The van der Waals surface area contributed by atoms with E-state index in [1.54, 1.807) is 25.3 Å². The maximum absolute atomic E-state index is 5.67. The Bertz CT molecular complexity index is 217. The third-order valence-corrected chi connectivity index (χ3v) is 1.35. The molecule has 0 fully saturated rings. The summed E-state index contributed by atoms with van der Waals surface area (Å²) in [5.74, 6) is 0.685. The monoisotopic (exact) mass is 152 g/mol. The van der Waals surface area contributed by atoms with Gasteiger partial charge >= 0.3 is 0 Å². The summed E-state index contributed by atoms with van der Waals surface area (Å²) in [7, 11) is 7.05. The molecule has 0 aromatic heterocycles. The number of benzene rings is 1. The Kier molecular flexibility index (Phi) is 2.23. The van der Waals surface area contributed by atoms with Crippen LogP contribution in [0.3, 0.4) is 0 Å². The predicted octanol–water partition coefficient (Wildman–Crippen LogP) is 1.14. The Hall–Kier alpha value is -0.625. The first-order chi connectivity index (χ1) is 4.72. The highest BCUT2D eigenvalue weighted by atomic mass is 35.5. The number of rotatable bonds is 1. The fourth-order valence-corrected chi connectivity index (χ4v) is 0.936. The topological polar surface area (TPSA) is 9.23 Å². The summed E-state index contributed by atoms with van der Waals surface area (Å²) in [4.78, 5) is 0. The van der Waals surface area contributed by atoms with Crippen molar-refractivity contribution in [3.05, 3.63) is 23.2 Å². The highest BCUT2D eigenvalue weighted by molar-refractivity contribution is 6.36. The van der Waals surface area contributed by atoms with E-state index in [0.29, 0.717) is 16.2 Å². The van der Waals surface area contributed by atoms with E-state index < -0.39 is 0 Å². The Morgan fingerprint density at radius 3 is 2.60 bits per heavy atom. The lowest BCUT2D eigenvalue weighted by molar-refractivity contribution is 0.415. The van der Waals surface area contributed by atoms with E-state index in [2.05, 4.69) is 0 Å². The lowest BCUT2D eigenvalue weighted by Gasteiger charge is -2.00. The molecule has 0 heterocycles. The van der Waals surface area contributed by atoms with E-state index >= 15 is 0 Å². The summed E-state index contributed by atoms with van der Waals surface area (Å²) in [5.41, 5.74) is 0.615. The summed E-state index contributed by atoms with van der Waals surface area (Å²) >= 11 is 5.67. The largest absolute Gasteiger partial charge is 0.497 e. The molecule has 0 N–H and O–H groups in total. The van der Waals surface area contributed by atoms with E-state index in [4.69, 9.17) is 24.2 Å². The molecule has 0 unspecified atom stereocenters. The highest BCUT2D eigenvalue weighted by Crippen LogP contribution is 2.14. The molecule has 2 radical (unpaired) electrons. The molecule has 0 amide bonds. The van der Waals surface area contributed by atoms with Crippen LogP contribution in [-0.4, -0.2) is 15.0 Å². The minimum atomic E-state index is 0.594. The summed E-state index contributed by atoms with van der Waals surface area (Å²) < 4.78 is 4.91. The van der Waals surface area contributed by atoms with Crippen LogP contribution in [0.5, 0.6) is 5.75 Å². The van der Waals surface area contributed by atoms with Crippen molar-refractivity contribution in [1.29, 1.82) is 0 Å². The molecule has 1 aromatic rings. The van der Waals surface area contributed by atoms with E-state index in [-0.39, 0.29) is 0 Å². The van der Waals surface area contributed by atoms with Gasteiger partial charge in [-0.15, -0.1) is 0 Å². The average molecular weight is 152 g/mol. The quantitative estimate of drug-likeness (QED) is 0.549. The van der Waals surface area contributed by atoms with Crippen molar-refractivity contribution in [3.63, 3.8) is 0 Å². The van der Waals surface area contributed by atoms with Gasteiger partial charge in [0.25, 0.3) is 0 Å². The summed E-state index contributed by atoms with van der Waals surface area (Å²) in [6.07, 6.45) is 0. The van der Waals surface area contributed by atoms with E-state index in [1.165, 1.54) is 0 Å². The molecule has 0 saturated heterocycles. The van der Waals surface area contributed by atoms with Crippen LogP contribution >= 0.6 is 11.6 Å². The maximum atomic E-state index is 5.67. The van der Waals surface area contributed by atoms with Crippen LogP contribution in [-0.2, 0) is 0 Å². The number of hydrogen-bond donors (Lipinski definition) is 0. The number of methoxy groups -OCH3 is 1. The van der Waals surface area contributed by atoms with Gasteiger partial charge in [0.05, 0.1) is 7.11 Å². The van der Waals surface area contributed by atoms with Gasteiger partial charge in [-0.2, -0.15) is 0 Å². The first-order valence-corrected chi connectivity index (χ1v) is 3.20. The molecular weight excluding hydrogens is 146 g/mol. The van der Waals surface area contributed by atoms with Gasteiger partial charge in [0, 0.05) is 5.02 Å². The van der Waals surface area contributed by atoms with E-state index in [0.717, 1.165) is 0 Å². The molecule has 50 valence electrons. The SMILES string of the molecule is [B]c1cc(Cl)cc(OC)c1. The Morgan fingerprint density at radius 2 is 2.10 bits per heavy atom. The molecule has 1 aromatic carbocycles. The molecule has 3 heteroatoms. The molecule has 0 spiro atoms. The van der Waals surface area contributed by atoms with Crippen molar-refractivity contribution in [2.75, 3.05) is 7.11 Å². The Labute approximate surface area is 66.4 Å². The van der Waals surface area contributed by atoms with Crippen LogP contribution in [0, 0.1) is 0 Å². The first-order valence-electron chi connectivity index (χ1n) is 2.82. The molecule has 0 saturated carbocycles. The van der Waals surface area contributed by atoms with Crippen molar-refractivity contribution in [1.82, 2.24) is 0 Å². The summed E-state index contributed by atoms with van der Waals surface area (Å²) in [6.45, 7) is 0. The molecule has 0 aliphatic heterocycles. The fourth-order valence-electron chi connectivity index (χ4n) is 0.702. The van der Waals surface area contributed by atoms with Gasteiger partial charge in [0.2, 0.25) is 0 Å². The molecule has 10 heavy (non-hydrogen) atoms. The van der Waals surface area contributed by atoms with Crippen LogP contribution < -0.4 is 10.2 Å². The van der Waals surface area contributed by atoms with Crippen molar-refractivity contribution >= 4 is 24.9 Å². The van der Waals surface area contributed by atoms with Crippen molar-refractivity contribution in [2.24, 2.45) is 0 Å². The van der Waals surface area contributed by atoms with Gasteiger partial charge < -0.3 is 4.74 Å². The molecule has 0 aliphatic carbocycles. The van der Waals surface area contributed by atoms with Crippen LogP contribution in [0.2, 0.25) is 5.02 Å².